The first-order valence-corrected chi connectivity index (χ1v) is 7.62. The molecule has 0 bridgehead atoms. The Balaban J connectivity index is 1.91. The second-order valence-electron chi connectivity index (χ2n) is 5.79. The zero-order chi connectivity index (χ0) is 15.6. The second kappa shape index (κ2) is 6.67. The van der Waals surface area contributed by atoms with Crippen LogP contribution in [0.2, 0.25) is 5.02 Å². The van der Waals surface area contributed by atoms with Crippen molar-refractivity contribution in [3.8, 4) is 5.75 Å². The highest BCUT2D eigenvalue weighted by Crippen LogP contribution is 2.32. The van der Waals surface area contributed by atoms with Gasteiger partial charge in [-0.25, -0.2) is 0 Å². The van der Waals surface area contributed by atoms with E-state index in [-0.39, 0.29) is 5.91 Å². The Morgan fingerprint density at radius 3 is 2.76 bits per heavy atom. The average Bonchev–Trinajstić information content (AvgIpc) is 3.25. The lowest BCUT2D eigenvalue weighted by Crippen LogP contribution is -2.42. The van der Waals surface area contributed by atoms with Crippen LogP contribution in [0.25, 0.3) is 0 Å². The Morgan fingerprint density at radius 2 is 2.19 bits per heavy atom. The Bertz CT molecular complexity index is 516. The maximum atomic E-state index is 12.3. The molecule has 0 radical (unpaired) electrons. The first-order valence-electron chi connectivity index (χ1n) is 7.24. The van der Waals surface area contributed by atoms with E-state index in [9.17, 15) is 9.90 Å². The van der Waals surface area contributed by atoms with Crippen LogP contribution >= 0.6 is 11.6 Å². The van der Waals surface area contributed by atoms with Gasteiger partial charge >= 0.3 is 0 Å². The second-order valence-corrected chi connectivity index (χ2v) is 6.23. The molecule has 1 aliphatic rings. The molecule has 2 rings (SSSR count). The van der Waals surface area contributed by atoms with Crippen molar-refractivity contribution in [2.45, 2.75) is 38.9 Å². The molecule has 0 saturated heterocycles. The number of carbonyl (C=O) groups is 1. The number of aryl methyl sites for hydroxylation is 1. The Labute approximate surface area is 130 Å². The van der Waals surface area contributed by atoms with Crippen molar-refractivity contribution in [2.75, 3.05) is 13.6 Å². The molecule has 2 atom stereocenters. The van der Waals surface area contributed by atoms with E-state index in [1.54, 1.807) is 37.1 Å². The summed E-state index contributed by atoms with van der Waals surface area (Å²) in [4.78, 5) is 13.8. The molecule has 1 saturated carbocycles. The number of carbonyl (C=O) groups excluding carboxylic acids is 1. The minimum absolute atomic E-state index is 0.135. The molecule has 5 heteroatoms. The Morgan fingerprint density at radius 1 is 1.52 bits per heavy atom. The first kappa shape index (κ1) is 16.1. The van der Waals surface area contributed by atoms with Crippen LogP contribution < -0.4 is 4.74 Å². The van der Waals surface area contributed by atoms with Crippen molar-refractivity contribution in [2.24, 2.45) is 5.92 Å². The lowest BCUT2D eigenvalue weighted by Gasteiger charge is -2.24. The minimum atomic E-state index is -0.596. The molecule has 1 amide bonds. The van der Waals surface area contributed by atoms with E-state index in [1.807, 2.05) is 6.92 Å². The third-order valence-electron chi connectivity index (χ3n) is 3.79. The van der Waals surface area contributed by atoms with Gasteiger partial charge in [-0.05, 0) is 56.4 Å². The average molecular weight is 312 g/mol. The van der Waals surface area contributed by atoms with Gasteiger partial charge in [0, 0.05) is 18.6 Å². The van der Waals surface area contributed by atoms with Crippen molar-refractivity contribution < 1.29 is 14.6 Å². The molecule has 1 aromatic rings. The molecule has 21 heavy (non-hydrogen) atoms. The van der Waals surface area contributed by atoms with Gasteiger partial charge in [0.1, 0.15) is 5.75 Å². The van der Waals surface area contributed by atoms with Crippen molar-refractivity contribution in [3.05, 3.63) is 28.8 Å². The number of aliphatic hydroxyl groups excluding tert-OH is 1. The van der Waals surface area contributed by atoms with E-state index in [4.69, 9.17) is 16.3 Å². The number of amides is 1. The first-order chi connectivity index (χ1) is 9.88. The van der Waals surface area contributed by atoms with Crippen LogP contribution in [0.3, 0.4) is 0 Å². The van der Waals surface area contributed by atoms with Crippen molar-refractivity contribution in [1.82, 2.24) is 4.90 Å². The molecule has 1 fully saturated rings. The van der Waals surface area contributed by atoms with Gasteiger partial charge in [-0.3, -0.25) is 4.79 Å². The zero-order valence-electron chi connectivity index (χ0n) is 12.7. The number of hydrogen-bond acceptors (Lipinski definition) is 3. The smallest absolute Gasteiger partial charge is 0.263 e. The fourth-order valence-corrected chi connectivity index (χ4v) is 2.52. The number of halogens is 1. The number of ether oxygens (including phenoxy) is 1. The molecule has 116 valence electrons. The molecule has 1 N–H and O–H groups in total. The monoisotopic (exact) mass is 311 g/mol. The molecular weight excluding hydrogens is 290 g/mol. The summed E-state index contributed by atoms with van der Waals surface area (Å²) in [5.41, 5.74) is 0.891. The van der Waals surface area contributed by atoms with E-state index in [0.717, 1.165) is 18.4 Å². The number of benzene rings is 1. The van der Waals surface area contributed by atoms with Gasteiger partial charge in [-0.1, -0.05) is 11.6 Å². The maximum absolute atomic E-state index is 12.3. The number of rotatable bonds is 6. The highest BCUT2D eigenvalue weighted by molar-refractivity contribution is 6.30. The standard InChI is InChI=1S/C16H22ClNO3/c1-10-8-13(17)6-7-15(10)21-11(2)16(20)18(3)9-14(19)12-4-5-12/h6-8,11-12,14,19H,4-5,9H2,1-3H3. The van der Waals surface area contributed by atoms with E-state index in [2.05, 4.69) is 0 Å². The number of likely N-dealkylation sites (N-methyl/N-ethyl adjacent to an activating group) is 1. The van der Waals surface area contributed by atoms with Gasteiger partial charge in [0.2, 0.25) is 0 Å². The molecule has 1 aromatic carbocycles. The van der Waals surface area contributed by atoms with Crippen molar-refractivity contribution in [1.29, 1.82) is 0 Å². The van der Waals surface area contributed by atoms with Crippen LogP contribution in [0, 0.1) is 12.8 Å². The molecule has 0 aliphatic heterocycles. The SMILES string of the molecule is Cc1cc(Cl)ccc1OC(C)C(=O)N(C)CC(O)C1CC1. The minimum Gasteiger partial charge on any atom is -0.481 e. The molecule has 1 aliphatic carbocycles. The summed E-state index contributed by atoms with van der Waals surface area (Å²) >= 11 is 5.90. The van der Waals surface area contributed by atoms with E-state index in [0.29, 0.717) is 23.2 Å². The lowest BCUT2D eigenvalue weighted by molar-refractivity contribution is -0.138. The summed E-state index contributed by atoms with van der Waals surface area (Å²) in [6.07, 6.45) is 1.09. The Kier molecular flexibility index (Phi) is 5.12. The fourth-order valence-electron chi connectivity index (χ4n) is 2.30. The highest BCUT2D eigenvalue weighted by atomic mass is 35.5. The van der Waals surface area contributed by atoms with Crippen molar-refractivity contribution >= 4 is 17.5 Å². The normalized spacial score (nSPS) is 17.2. The van der Waals surface area contributed by atoms with Gasteiger partial charge in [-0.15, -0.1) is 0 Å². The summed E-state index contributed by atoms with van der Waals surface area (Å²) in [6.45, 7) is 3.96. The molecular formula is C16H22ClNO3. The molecule has 0 aromatic heterocycles. The molecule has 4 nitrogen and oxygen atoms in total. The summed E-state index contributed by atoms with van der Waals surface area (Å²) in [6, 6.07) is 5.30. The largest absolute Gasteiger partial charge is 0.481 e. The van der Waals surface area contributed by atoms with E-state index >= 15 is 0 Å². The summed E-state index contributed by atoms with van der Waals surface area (Å²) in [7, 11) is 1.70. The van der Waals surface area contributed by atoms with E-state index in [1.165, 1.54) is 0 Å². The predicted octanol–water partition coefficient (Wildman–Crippen LogP) is 2.65. The van der Waals surface area contributed by atoms with Gasteiger partial charge in [0.15, 0.2) is 6.10 Å². The lowest BCUT2D eigenvalue weighted by atomic mass is 10.2. The summed E-state index contributed by atoms with van der Waals surface area (Å²) in [5, 5.41) is 10.5. The van der Waals surface area contributed by atoms with Crippen LogP contribution in [0.15, 0.2) is 18.2 Å². The van der Waals surface area contributed by atoms with Crippen LogP contribution in [0.4, 0.5) is 0 Å². The third-order valence-corrected chi connectivity index (χ3v) is 4.03. The maximum Gasteiger partial charge on any atom is 0.263 e. The Hall–Kier alpha value is -1.26. The summed E-state index contributed by atoms with van der Waals surface area (Å²) in [5.74, 6) is 0.871. The van der Waals surface area contributed by atoms with Crippen molar-refractivity contribution in [3.63, 3.8) is 0 Å². The topological polar surface area (TPSA) is 49.8 Å². The molecule has 2 unspecified atom stereocenters. The van der Waals surface area contributed by atoms with Crippen LogP contribution in [0.5, 0.6) is 5.75 Å². The van der Waals surface area contributed by atoms with Gasteiger partial charge in [-0.2, -0.15) is 0 Å². The predicted molar refractivity (Wildman–Crippen MR) is 82.6 cm³/mol. The van der Waals surface area contributed by atoms with E-state index < -0.39 is 12.2 Å². The quantitative estimate of drug-likeness (QED) is 0.878. The van der Waals surface area contributed by atoms with Gasteiger partial charge in [0.05, 0.1) is 6.10 Å². The zero-order valence-corrected chi connectivity index (χ0v) is 13.4. The number of aliphatic hydroxyl groups is 1. The molecule has 0 spiro atoms. The van der Waals surface area contributed by atoms with Crippen LogP contribution in [-0.2, 0) is 4.79 Å². The third kappa shape index (κ3) is 4.35. The summed E-state index contributed by atoms with van der Waals surface area (Å²) < 4.78 is 5.71. The highest BCUT2D eigenvalue weighted by Gasteiger charge is 2.32. The van der Waals surface area contributed by atoms with Gasteiger partial charge < -0.3 is 14.7 Å². The molecule has 0 heterocycles. The van der Waals surface area contributed by atoms with Crippen LogP contribution in [-0.4, -0.2) is 41.7 Å². The number of hydrogen-bond donors (Lipinski definition) is 1. The van der Waals surface area contributed by atoms with Gasteiger partial charge in [0.25, 0.3) is 5.91 Å². The number of nitrogens with zero attached hydrogens (tertiary/aromatic N) is 1. The van der Waals surface area contributed by atoms with Crippen LogP contribution in [0.1, 0.15) is 25.3 Å². The fraction of sp³-hybridized carbons (Fsp3) is 0.562.